The predicted molar refractivity (Wildman–Crippen MR) is 221 cm³/mol. The Morgan fingerprint density at radius 1 is 0.491 bits per heavy atom. The zero-order valence-corrected chi connectivity index (χ0v) is 35.3. The molecule has 0 spiro atoms. The normalized spacial score (nSPS) is 12.6. The number of hydrogen-bond acceptors (Lipinski definition) is 6. The highest BCUT2D eigenvalue weighted by Crippen LogP contribution is 2.36. The molecule has 312 valence electrons. The molecule has 0 aliphatic carbocycles. The summed E-state index contributed by atoms with van der Waals surface area (Å²) < 4.78 is 26.4. The Kier molecular flexibility index (Phi) is 39.1. The van der Waals surface area contributed by atoms with Gasteiger partial charge in [0.25, 0.3) is 0 Å². The number of rotatable bonds is 41. The van der Waals surface area contributed by atoms with E-state index in [9.17, 15) is 14.2 Å². The molecule has 0 radical (unpaired) electrons. The summed E-state index contributed by atoms with van der Waals surface area (Å²) in [6, 6.07) is 0. The molecule has 0 rings (SSSR count). The van der Waals surface area contributed by atoms with Crippen molar-refractivity contribution < 1.29 is 37.9 Å². The first kappa shape index (κ1) is 51.5. The molecule has 0 bridgehead atoms. The first-order chi connectivity index (χ1) is 25.8. The zero-order valence-electron chi connectivity index (χ0n) is 34.4. The number of ether oxygens (including phenoxy) is 2. The van der Waals surface area contributed by atoms with Crippen LogP contribution >= 0.6 is 7.82 Å². The van der Waals surface area contributed by atoms with Crippen LogP contribution in [0, 0.1) is 0 Å². The number of phosphoric acid groups is 1. The fraction of sp³-hybridized carbons (Fsp3) is 0.864. The van der Waals surface area contributed by atoms with Crippen LogP contribution in [0.4, 0.5) is 0 Å². The van der Waals surface area contributed by atoms with Crippen molar-refractivity contribution in [2.45, 2.75) is 232 Å². The summed E-state index contributed by atoms with van der Waals surface area (Å²) in [5.41, 5.74) is 0. The van der Waals surface area contributed by atoms with Crippen LogP contribution in [0.25, 0.3) is 0 Å². The molecule has 0 fully saturated rings. The largest absolute Gasteiger partial charge is 0.469 e. The molecule has 0 aromatic heterocycles. The number of carbonyl (C=O) groups excluding carboxylic acids is 2. The molecule has 0 aliphatic heterocycles. The molecule has 0 saturated heterocycles. The van der Waals surface area contributed by atoms with Gasteiger partial charge in [0, 0.05) is 12.8 Å². The highest BCUT2D eigenvalue weighted by molar-refractivity contribution is 7.46. The van der Waals surface area contributed by atoms with Crippen LogP contribution in [-0.2, 0) is 28.2 Å². The van der Waals surface area contributed by atoms with Crippen LogP contribution < -0.4 is 0 Å². The Balaban J connectivity index is 3.84. The van der Waals surface area contributed by atoms with Gasteiger partial charge >= 0.3 is 19.8 Å². The molecule has 0 unspecified atom stereocenters. The highest BCUT2D eigenvalue weighted by Gasteiger charge is 2.22. The van der Waals surface area contributed by atoms with Gasteiger partial charge in [0.2, 0.25) is 0 Å². The van der Waals surface area contributed by atoms with Crippen LogP contribution in [0.3, 0.4) is 0 Å². The van der Waals surface area contributed by atoms with E-state index in [0.717, 1.165) is 64.2 Å². The standard InChI is InChI=1S/C44H83O8P/c1-3-5-7-9-11-13-15-17-19-20-21-22-23-24-25-27-29-31-33-35-37-39-44(46)52-42(41-51-53(47,48)49)40-50-43(45)38-36-34-32-30-28-26-18-16-14-12-10-8-6-4-2/h10,12,16,18,42H,3-9,11,13-15,17,19-41H2,1-2H3,(H2,47,48,49)/b12-10+,18-16+/t42-/m1/s1. The van der Waals surface area contributed by atoms with Gasteiger partial charge in [-0.15, -0.1) is 0 Å². The lowest BCUT2D eigenvalue weighted by atomic mass is 10.0. The van der Waals surface area contributed by atoms with E-state index in [1.165, 1.54) is 122 Å². The summed E-state index contributed by atoms with van der Waals surface area (Å²) in [6.45, 7) is 3.66. The van der Waals surface area contributed by atoms with Crippen molar-refractivity contribution in [3.05, 3.63) is 24.3 Å². The smallest absolute Gasteiger partial charge is 0.462 e. The minimum atomic E-state index is -4.75. The summed E-state index contributed by atoms with van der Waals surface area (Å²) in [5.74, 6) is -0.891. The monoisotopic (exact) mass is 771 g/mol. The maximum absolute atomic E-state index is 12.4. The minimum Gasteiger partial charge on any atom is -0.462 e. The van der Waals surface area contributed by atoms with Crippen LogP contribution in [-0.4, -0.2) is 41.0 Å². The number of esters is 2. The molecule has 0 heterocycles. The number of allylic oxidation sites excluding steroid dienone is 4. The third-order valence-electron chi connectivity index (χ3n) is 9.72. The highest BCUT2D eigenvalue weighted by atomic mass is 31.2. The fourth-order valence-electron chi connectivity index (χ4n) is 6.39. The maximum Gasteiger partial charge on any atom is 0.469 e. The minimum absolute atomic E-state index is 0.214. The molecule has 0 aromatic carbocycles. The number of unbranched alkanes of at least 4 members (excludes halogenated alkanes) is 27. The average molecular weight is 771 g/mol. The maximum atomic E-state index is 12.4. The Bertz CT molecular complexity index is 915. The van der Waals surface area contributed by atoms with Gasteiger partial charge in [-0.05, 0) is 38.5 Å². The topological polar surface area (TPSA) is 119 Å². The third kappa shape index (κ3) is 43.1. The van der Waals surface area contributed by atoms with Gasteiger partial charge in [-0.2, -0.15) is 0 Å². The third-order valence-corrected chi connectivity index (χ3v) is 10.2. The summed E-state index contributed by atoms with van der Waals surface area (Å²) in [7, 11) is -4.75. The second-order valence-corrected chi connectivity index (χ2v) is 16.3. The van der Waals surface area contributed by atoms with Crippen molar-refractivity contribution in [3.63, 3.8) is 0 Å². The van der Waals surface area contributed by atoms with E-state index in [-0.39, 0.29) is 19.4 Å². The predicted octanol–water partition coefficient (Wildman–Crippen LogP) is 13.6. The van der Waals surface area contributed by atoms with Gasteiger partial charge < -0.3 is 19.3 Å². The molecule has 8 nitrogen and oxygen atoms in total. The molecule has 0 amide bonds. The van der Waals surface area contributed by atoms with Crippen molar-refractivity contribution in [2.24, 2.45) is 0 Å². The molecule has 9 heteroatoms. The van der Waals surface area contributed by atoms with Crippen LogP contribution in [0.2, 0.25) is 0 Å². The van der Waals surface area contributed by atoms with Gasteiger partial charge in [0.05, 0.1) is 6.61 Å². The number of hydrogen-bond donors (Lipinski definition) is 2. The van der Waals surface area contributed by atoms with Gasteiger partial charge in [0.15, 0.2) is 6.10 Å². The van der Waals surface area contributed by atoms with Crippen molar-refractivity contribution in [1.29, 1.82) is 0 Å². The zero-order chi connectivity index (χ0) is 38.9. The summed E-state index contributed by atoms with van der Waals surface area (Å²) in [6.07, 6.45) is 46.2. The molecule has 1 atom stereocenters. The Labute approximate surface area is 326 Å². The fourth-order valence-corrected chi connectivity index (χ4v) is 6.75. The van der Waals surface area contributed by atoms with E-state index in [1.54, 1.807) is 0 Å². The van der Waals surface area contributed by atoms with Crippen molar-refractivity contribution in [3.8, 4) is 0 Å². The lowest BCUT2D eigenvalue weighted by Crippen LogP contribution is -2.29. The molecule has 0 saturated carbocycles. The molecule has 2 N–H and O–H groups in total. The SMILES string of the molecule is CCCC/C=C/C/C=C/CCCCCCCC(=O)OC[C@H](COP(=O)(O)O)OC(=O)CCCCCCCCCCCCCCCCCCCCCCC. The summed E-state index contributed by atoms with van der Waals surface area (Å²) in [5, 5.41) is 0. The number of phosphoric ester groups is 1. The Morgan fingerprint density at radius 2 is 0.868 bits per heavy atom. The second kappa shape index (κ2) is 40.2. The van der Waals surface area contributed by atoms with E-state index in [1.807, 2.05) is 0 Å². The van der Waals surface area contributed by atoms with Gasteiger partial charge in [0.1, 0.15) is 6.61 Å². The summed E-state index contributed by atoms with van der Waals surface area (Å²) >= 11 is 0. The van der Waals surface area contributed by atoms with Crippen LogP contribution in [0.15, 0.2) is 24.3 Å². The van der Waals surface area contributed by atoms with E-state index in [4.69, 9.17) is 19.3 Å². The van der Waals surface area contributed by atoms with E-state index in [2.05, 4.69) is 42.7 Å². The lowest BCUT2D eigenvalue weighted by Gasteiger charge is -2.18. The van der Waals surface area contributed by atoms with Gasteiger partial charge in [-0.1, -0.05) is 199 Å². The number of carbonyl (C=O) groups is 2. The Hall–Kier alpha value is -1.47. The summed E-state index contributed by atoms with van der Waals surface area (Å²) in [4.78, 5) is 42.9. The van der Waals surface area contributed by atoms with Crippen molar-refractivity contribution in [2.75, 3.05) is 13.2 Å². The molecular weight excluding hydrogens is 687 g/mol. The molecule has 0 aliphatic rings. The first-order valence-corrected chi connectivity index (χ1v) is 23.7. The van der Waals surface area contributed by atoms with E-state index in [0.29, 0.717) is 12.8 Å². The second-order valence-electron chi connectivity index (χ2n) is 15.0. The van der Waals surface area contributed by atoms with Crippen LogP contribution in [0.1, 0.15) is 226 Å². The van der Waals surface area contributed by atoms with E-state index < -0.39 is 32.5 Å². The Morgan fingerprint density at radius 3 is 1.30 bits per heavy atom. The van der Waals surface area contributed by atoms with Crippen LogP contribution in [0.5, 0.6) is 0 Å². The lowest BCUT2D eigenvalue weighted by molar-refractivity contribution is -0.161. The van der Waals surface area contributed by atoms with Gasteiger partial charge in [-0.3, -0.25) is 14.1 Å². The molecule has 0 aromatic rings. The van der Waals surface area contributed by atoms with Gasteiger partial charge in [-0.25, -0.2) is 4.57 Å². The van der Waals surface area contributed by atoms with Crippen molar-refractivity contribution in [1.82, 2.24) is 0 Å². The quantitative estimate of drug-likeness (QED) is 0.0273. The molecule has 53 heavy (non-hydrogen) atoms. The van der Waals surface area contributed by atoms with Crippen molar-refractivity contribution >= 4 is 19.8 Å². The van der Waals surface area contributed by atoms with E-state index >= 15 is 0 Å². The average Bonchev–Trinajstić information content (AvgIpc) is 3.13. The first-order valence-electron chi connectivity index (χ1n) is 22.1. The molecular formula is C44H83O8P.